The minimum Gasteiger partial charge on any atom is -0.462 e. The van der Waals surface area contributed by atoms with Gasteiger partial charge in [-0.05, 0) is 36.8 Å². The predicted octanol–water partition coefficient (Wildman–Crippen LogP) is 3.77. The number of nitrogens with one attached hydrogen (secondary N) is 1. The molecule has 9 nitrogen and oxygen atoms in total. The van der Waals surface area contributed by atoms with E-state index in [4.69, 9.17) is 15.2 Å². The second kappa shape index (κ2) is 8.54. The number of amides is 1. The Morgan fingerprint density at radius 1 is 1.10 bits per heavy atom. The highest BCUT2D eigenvalue weighted by molar-refractivity contribution is 6.05. The Labute approximate surface area is 177 Å². The molecule has 3 N–H and O–H groups in total. The van der Waals surface area contributed by atoms with Crippen LogP contribution in [0.5, 0.6) is 5.75 Å². The molecular weight excluding hydrogens is 398 g/mol. The second-order valence-electron chi connectivity index (χ2n) is 6.48. The quantitative estimate of drug-likeness (QED) is 0.474. The van der Waals surface area contributed by atoms with E-state index >= 15 is 0 Å². The van der Waals surface area contributed by atoms with E-state index in [1.807, 2.05) is 6.07 Å². The molecule has 0 saturated heterocycles. The van der Waals surface area contributed by atoms with Crippen LogP contribution < -0.4 is 15.8 Å². The summed E-state index contributed by atoms with van der Waals surface area (Å²) < 4.78 is 11.9. The third-order valence-electron chi connectivity index (χ3n) is 4.47. The van der Waals surface area contributed by atoms with Crippen molar-refractivity contribution in [2.75, 3.05) is 17.7 Å². The summed E-state index contributed by atoms with van der Waals surface area (Å²) in [7, 11) is 0. The van der Waals surface area contributed by atoms with E-state index in [0.29, 0.717) is 33.6 Å². The van der Waals surface area contributed by atoms with Crippen molar-refractivity contribution in [2.45, 2.75) is 6.92 Å². The number of aromatic nitrogens is 3. The number of nitrogen functional groups attached to an aromatic ring is 1. The molecule has 2 heterocycles. The van der Waals surface area contributed by atoms with Crippen LogP contribution in [-0.4, -0.2) is 33.3 Å². The predicted molar refractivity (Wildman–Crippen MR) is 115 cm³/mol. The SMILES string of the molecule is CCOC(=O)c1cn2ncnc(N)c2c1-c1ccc(NC(=O)Oc2ccccc2)cc1. The summed E-state index contributed by atoms with van der Waals surface area (Å²) >= 11 is 0. The fourth-order valence-corrected chi connectivity index (χ4v) is 3.15. The van der Waals surface area contributed by atoms with Gasteiger partial charge in [0.25, 0.3) is 0 Å². The van der Waals surface area contributed by atoms with E-state index in [0.717, 1.165) is 0 Å². The van der Waals surface area contributed by atoms with E-state index < -0.39 is 12.1 Å². The van der Waals surface area contributed by atoms with E-state index in [1.165, 1.54) is 10.8 Å². The van der Waals surface area contributed by atoms with Crippen molar-refractivity contribution in [3.63, 3.8) is 0 Å². The van der Waals surface area contributed by atoms with Gasteiger partial charge in [0.2, 0.25) is 0 Å². The number of ether oxygens (including phenoxy) is 2. The molecule has 1 amide bonds. The molecule has 0 aliphatic carbocycles. The Balaban J connectivity index is 1.63. The topological polar surface area (TPSA) is 121 Å². The standard InChI is InChI=1S/C22H19N5O4/c1-2-30-21(28)17-12-27-19(20(23)24-13-25-27)18(17)14-8-10-15(11-9-14)26-22(29)31-16-6-4-3-5-7-16/h3-13H,2H2,1H3,(H,26,29)(H2,23,24,25). The molecule has 4 rings (SSSR count). The van der Waals surface area contributed by atoms with Crippen molar-refractivity contribution < 1.29 is 19.1 Å². The molecule has 0 saturated carbocycles. The maximum atomic E-state index is 12.5. The lowest BCUT2D eigenvalue weighted by Crippen LogP contribution is -2.16. The number of anilines is 2. The first-order valence-electron chi connectivity index (χ1n) is 9.50. The van der Waals surface area contributed by atoms with Crippen molar-refractivity contribution in [1.29, 1.82) is 0 Å². The smallest absolute Gasteiger partial charge is 0.417 e. The summed E-state index contributed by atoms with van der Waals surface area (Å²) in [4.78, 5) is 28.6. The zero-order valence-electron chi connectivity index (χ0n) is 16.6. The fraction of sp³-hybridized carbons (Fsp3) is 0.0909. The van der Waals surface area contributed by atoms with Gasteiger partial charge in [0.1, 0.15) is 17.6 Å². The van der Waals surface area contributed by atoms with E-state index in [-0.39, 0.29) is 12.4 Å². The number of benzene rings is 2. The summed E-state index contributed by atoms with van der Waals surface area (Å²) in [6, 6.07) is 15.6. The van der Waals surface area contributed by atoms with Gasteiger partial charge in [-0.2, -0.15) is 5.10 Å². The first-order chi connectivity index (χ1) is 15.1. The monoisotopic (exact) mass is 417 g/mol. The Morgan fingerprint density at radius 2 is 1.84 bits per heavy atom. The summed E-state index contributed by atoms with van der Waals surface area (Å²) in [5, 5.41) is 6.79. The van der Waals surface area contributed by atoms with Gasteiger partial charge >= 0.3 is 12.1 Å². The lowest BCUT2D eigenvalue weighted by atomic mass is 10.0. The van der Waals surface area contributed by atoms with Gasteiger partial charge in [-0.1, -0.05) is 30.3 Å². The normalized spacial score (nSPS) is 10.6. The Morgan fingerprint density at radius 3 is 2.55 bits per heavy atom. The minimum atomic E-state index is -0.613. The number of fused-ring (bicyclic) bond motifs is 1. The Hall–Kier alpha value is -4.40. The minimum absolute atomic E-state index is 0.231. The molecule has 31 heavy (non-hydrogen) atoms. The highest BCUT2D eigenvalue weighted by Crippen LogP contribution is 2.33. The number of hydrogen-bond acceptors (Lipinski definition) is 7. The Bertz CT molecular complexity index is 1240. The Kier molecular flexibility index (Phi) is 5.48. The first kappa shape index (κ1) is 19.9. The number of para-hydroxylation sites is 1. The highest BCUT2D eigenvalue weighted by atomic mass is 16.6. The molecule has 0 fully saturated rings. The zero-order valence-corrected chi connectivity index (χ0v) is 16.6. The van der Waals surface area contributed by atoms with Gasteiger partial charge in [0.05, 0.1) is 12.2 Å². The lowest BCUT2D eigenvalue weighted by molar-refractivity contribution is 0.0527. The molecule has 0 spiro atoms. The molecule has 4 aromatic rings. The fourth-order valence-electron chi connectivity index (χ4n) is 3.15. The van der Waals surface area contributed by atoms with Crippen LogP contribution in [0.2, 0.25) is 0 Å². The zero-order chi connectivity index (χ0) is 21.8. The molecule has 0 aliphatic rings. The molecule has 2 aromatic carbocycles. The van der Waals surface area contributed by atoms with Crippen LogP contribution in [-0.2, 0) is 4.74 Å². The number of nitrogens with two attached hydrogens (primary N) is 1. The first-order valence-corrected chi connectivity index (χ1v) is 9.50. The third kappa shape index (κ3) is 4.15. The van der Waals surface area contributed by atoms with Gasteiger partial charge < -0.3 is 15.2 Å². The number of esters is 1. The van der Waals surface area contributed by atoms with Crippen LogP contribution in [0, 0.1) is 0 Å². The molecule has 9 heteroatoms. The van der Waals surface area contributed by atoms with Crippen molar-refractivity contribution in [1.82, 2.24) is 14.6 Å². The van der Waals surface area contributed by atoms with E-state index in [9.17, 15) is 9.59 Å². The average Bonchev–Trinajstić information content (AvgIpc) is 3.16. The molecule has 0 atom stereocenters. The maximum absolute atomic E-state index is 12.5. The molecule has 2 aromatic heterocycles. The number of rotatable bonds is 5. The van der Waals surface area contributed by atoms with Gasteiger partial charge in [0, 0.05) is 17.4 Å². The van der Waals surface area contributed by atoms with Gasteiger partial charge in [0.15, 0.2) is 5.82 Å². The van der Waals surface area contributed by atoms with Crippen molar-refractivity contribution >= 4 is 29.1 Å². The van der Waals surface area contributed by atoms with Crippen LogP contribution >= 0.6 is 0 Å². The highest BCUT2D eigenvalue weighted by Gasteiger charge is 2.22. The van der Waals surface area contributed by atoms with E-state index in [1.54, 1.807) is 61.7 Å². The number of carbonyl (C=O) groups excluding carboxylic acids is 2. The summed E-state index contributed by atoms with van der Waals surface area (Å²) in [5.74, 6) is 0.177. The van der Waals surface area contributed by atoms with Gasteiger partial charge in [-0.25, -0.2) is 19.1 Å². The van der Waals surface area contributed by atoms with Gasteiger partial charge in [-0.15, -0.1) is 0 Å². The van der Waals surface area contributed by atoms with Crippen LogP contribution in [0.15, 0.2) is 67.1 Å². The second-order valence-corrected chi connectivity index (χ2v) is 6.48. The maximum Gasteiger partial charge on any atom is 0.417 e. The number of carbonyl (C=O) groups is 2. The third-order valence-corrected chi connectivity index (χ3v) is 4.47. The van der Waals surface area contributed by atoms with Crippen molar-refractivity contribution in [3.05, 3.63) is 72.7 Å². The summed E-state index contributed by atoms with van der Waals surface area (Å²) in [5.41, 5.74) is 8.63. The molecule has 0 aliphatic heterocycles. The van der Waals surface area contributed by atoms with Gasteiger partial charge in [-0.3, -0.25) is 5.32 Å². The van der Waals surface area contributed by atoms with Crippen molar-refractivity contribution in [3.8, 4) is 16.9 Å². The molecule has 0 radical (unpaired) electrons. The van der Waals surface area contributed by atoms with E-state index in [2.05, 4.69) is 15.4 Å². The average molecular weight is 417 g/mol. The molecule has 0 bridgehead atoms. The number of hydrogen-bond donors (Lipinski definition) is 2. The van der Waals surface area contributed by atoms with Crippen LogP contribution in [0.1, 0.15) is 17.3 Å². The van der Waals surface area contributed by atoms with Crippen LogP contribution in [0.25, 0.3) is 16.6 Å². The lowest BCUT2D eigenvalue weighted by Gasteiger charge is -2.09. The molecule has 156 valence electrons. The largest absolute Gasteiger partial charge is 0.462 e. The van der Waals surface area contributed by atoms with Crippen LogP contribution in [0.4, 0.5) is 16.3 Å². The van der Waals surface area contributed by atoms with Crippen molar-refractivity contribution in [2.24, 2.45) is 0 Å². The molecule has 0 unspecified atom stereocenters. The summed E-state index contributed by atoms with van der Waals surface area (Å²) in [6.45, 7) is 1.97. The summed E-state index contributed by atoms with van der Waals surface area (Å²) in [6.07, 6.45) is 2.26. The molecular formula is C22H19N5O4. The van der Waals surface area contributed by atoms with Crippen LogP contribution in [0.3, 0.4) is 0 Å². The number of nitrogens with zero attached hydrogens (tertiary/aromatic N) is 3.